The number of benzene rings is 1. The van der Waals surface area contributed by atoms with Gasteiger partial charge in [0.05, 0.1) is 0 Å². The van der Waals surface area contributed by atoms with Crippen molar-refractivity contribution in [3.05, 3.63) is 29.8 Å². The van der Waals surface area contributed by atoms with Gasteiger partial charge in [-0.2, -0.15) is 0 Å². The molecule has 0 unspecified atom stereocenters. The molecule has 1 saturated carbocycles. The van der Waals surface area contributed by atoms with Crippen LogP contribution in [0.2, 0.25) is 0 Å². The van der Waals surface area contributed by atoms with Gasteiger partial charge >= 0.3 is 0 Å². The van der Waals surface area contributed by atoms with Crippen LogP contribution in [-0.2, 0) is 4.79 Å². The Morgan fingerprint density at radius 3 is 2.32 bits per heavy atom. The predicted octanol–water partition coefficient (Wildman–Crippen LogP) is 4.30. The summed E-state index contributed by atoms with van der Waals surface area (Å²) in [6.07, 6.45) is 11.2. The second kappa shape index (κ2) is 9.50. The molecule has 1 heterocycles. The molecule has 0 radical (unpaired) electrons. The largest absolute Gasteiger partial charge is 0.371 e. The number of nitrogens with zero attached hydrogens (tertiary/aromatic N) is 1. The van der Waals surface area contributed by atoms with Crippen LogP contribution < -0.4 is 10.2 Å². The van der Waals surface area contributed by atoms with Crippen LogP contribution in [0.1, 0.15) is 58.4 Å². The smallest absolute Gasteiger partial charge is 0.207 e. The molecule has 3 rings (SSSR count). The summed E-state index contributed by atoms with van der Waals surface area (Å²) in [5.74, 6) is 0. The fourth-order valence-electron chi connectivity index (χ4n) is 3.42. The second-order valence-corrected chi connectivity index (χ2v) is 6.45. The standard InChI is InChI=1S/C12H17N.C7H13NO.H2/c1-11-7-3-4-8-12(11)13-9-5-2-6-10-13;9-6-8-7-4-2-1-3-5-7;/h3-4,7-8H,2,5-6,9-10H2,1H3;6-7H,1-5H2,(H,8,9);1H. The second-order valence-electron chi connectivity index (χ2n) is 6.45. The van der Waals surface area contributed by atoms with E-state index in [1.165, 1.54) is 75.7 Å². The zero-order chi connectivity index (χ0) is 15.6. The monoisotopic (exact) mass is 304 g/mol. The Labute approximate surface area is 136 Å². The highest BCUT2D eigenvalue weighted by Gasteiger charge is 2.12. The fraction of sp³-hybridized carbons (Fsp3) is 0.632. The average molecular weight is 304 g/mol. The average Bonchev–Trinajstić information content (AvgIpc) is 2.58. The van der Waals surface area contributed by atoms with Gasteiger partial charge in [0.2, 0.25) is 6.41 Å². The summed E-state index contributed by atoms with van der Waals surface area (Å²) in [4.78, 5) is 12.5. The van der Waals surface area contributed by atoms with Gasteiger partial charge in [0.1, 0.15) is 0 Å². The van der Waals surface area contributed by atoms with E-state index in [9.17, 15) is 4.79 Å². The van der Waals surface area contributed by atoms with Crippen LogP contribution in [0.5, 0.6) is 0 Å². The number of carbonyl (C=O) groups excluding carboxylic acids is 1. The van der Waals surface area contributed by atoms with E-state index in [-0.39, 0.29) is 1.43 Å². The van der Waals surface area contributed by atoms with Gasteiger partial charge in [0.25, 0.3) is 0 Å². The summed E-state index contributed by atoms with van der Waals surface area (Å²) in [7, 11) is 0. The molecule has 0 spiro atoms. The van der Waals surface area contributed by atoms with Crippen LogP contribution in [0.15, 0.2) is 24.3 Å². The van der Waals surface area contributed by atoms with Gasteiger partial charge in [-0.3, -0.25) is 4.79 Å². The summed E-state index contributed by atoms with van der Waals surface area (Å²) in [6.45, 7) is 4.68. The first-order valence-corrected chi connectivity index (χ1v) is 8.81. The van der Waals surface area contributed by atoms with E-state index in [0.717, 1.165) is 6.41 Å². The first kappa shape index (κ1) is 16.9. The molecule has 1 N–H and O–H groups in total. The Hall–Kier alpha value is -1.51. The maximum atomic E-state index is 9.96. The van der Waals surface area contributed by atoms with Gasteiger partial charge in [0, 0.05) is 26.2 Å². The molecule has 0 aromatic heterocycles. The van der Waals surface area contributed by atoms with E-state index in [1.807, 2.05) is 0 Å². The van der Waals surface area contributed by atoms with Crippen LogP contribution >= 0.6 is 0 Å². The number of piperidine rings is 1. The molecule has 1 aromatic rings. The first-order chi connectivity index (χ1) is 10.8. The topological polar surface area (TPSA) is 32.3 Å². The molecule has 1 aromatic carbocycles. The zero-order valence-corrected chi connectivity index (χ0v) is 13.9. The molecule has 2 fully saturated rings. The Morgan fingerprint density at radius 2 is 1.68 bits per heavy atom. The van der Waals surface area contributed by atoms with Gasteiger partial charge in [-0.1, -0.05) is 37.5 Å². The quantitative estimate of drug-likeness (QED) is 0.845. The molecule has 1 amide bonds. The number of carbonyl (C=O) groups is 1. The number of nitrogens with one attached hydrogen (secondary N) is 1. The molecule has 3 heteroatoms. The van der Waals surface area contributed by atoms with Crippen LogP contribution in [-0.4, -0.2) is 25.5 Å². The summed E-state index contributed by atoms with van der Waals surface area (Å²) in [5, 5.41) is 2.80. The third kappa shape index (κ3) is 5.36. The van der Waals surface area contributed by atoms with Gasteiger partial charge in [0.15, 0.2) is 0 Å². The van der Waals surface area contributed by atoms with Gasteiger partial charge in [-0.05, 0) is 50.7 Å². The number of hydrogen-bond donors (Lipinski definition) is 1. The zero-order valence-electron chi connectivity index (χ0n) is 13.9. The minimum atomic E-state index is 0. The Bertz CT molecular complexity index is 441. The van der Waals surface area contributed by atoms with Crippen molar-refractivity contribution in [1.29, 1.82) is 0 Å². The molecule has 2 aliphatic rings. The predicted molar refractivity (Wildman–Crippen MR) is 95.4 cm³/mol. The highest BCUT2D eigenvalue weighted by atomic mass is 16.1. The Morgan fingerprint density at radius 1 is 1.05 bits per heavy atom. The lowest BCUT2D eigenvalue weighted by Gasteiger charge is -2.30. The molecule has 3 nitrogen and oxygen atoms in total. The van der Waals surface area contributed by atoms with Crippen molar-refractivity contribution < 1.29 is 6.22 Å². The molecule has 22 heavy (non-hydrogen) atoms. The van der Waals surface area contributed by atoms with Crippen molar-refractivity contribution in [2.45, 2.75) is 64.3 Å². The molecule has 0 atom stereocenters. The van der Waals surface area contributed by atoms with Crippen molar-refractivity contribution in [2.75, 3.05) is 18.0 Å². The van der Waals surface area contributed by atoms with E-state index < -0.39 is 0 Å². The molecular weight excluding hydrogens is 272 g/mol. The minimum Gasteiger partial charge on any atom is -0.371 e. The number of hydrogen-bond acceptors (Lipinski definition) is 2. The number of para-hydroxylation sites is 1. The number of amides is 1. The molecule has 0 bridgehead atoms. The highest BCUT2D eigenvalue weighted by Crippen LogP contribution is 2.22. The Balaban J connectivity index is 0.000000235. The van der Waals surface area contributed by atoms with E-state index in [0.29, 0.717) is 6.04 Å². The summed E-state index contributed by atoms with van der Waals surface area (Å²) < 4.78 is 0. The maximum absolute atomic E-state index is 9.96. The molecular formula is C19H32N2O. The Kier molecular flexibility index (Phi) is 7.27. The summed E-state index contributed by atoms with van der Waals surface area (Å²) in [6, 6.07) is 9.17. The lowest BCUT2D eigenvalue weighted by Crippen LogP contribution is -2.29. The first-order valence-electron chi connectivity index (χ1n) is 8.81. The number of rotatable bonds is 3. The lowest BCUT2D eigenvalue weighted by molar-refractivity contribution is -0.110. The fourth-order valence-corrected chi connectivity index (χ4v) is 3.42. The van der Waals surface area contributed by atoms with E-state index in [2.05, 4.69) is 41.4 Å². The third-order valence-electron chi connectivity index (χ3n) is 4.72. The van der Waals surface area contributed by atoms with E-state index in [1.54, 1.807) is 0 Å². The number of aryl methyl sites for hydroxylation is 1. The van der Waals surface area contributed by atoms with Crippen LogP contribution in [0.3, 0.4) is 0 Å². The summed E-state index contributed by atoms with van der Waals surface area (Å²) in [5.41, 5.74) is 2.84. The van der Waals surface area contributed by atoms with Gasteiger partial charge in [-0.25, -0.2) is 0 Å². The van der Waals surface area contributed by atoms with Crippen molar-refractivity contribution in [1.82, 2.24) is 5.32 Å². The van der Waals surface area contributed by atoms with E-state index >= 15 is 0 Å². The highest BCUT2D eigenvalue weighted by molar-refractivity contribution is 5.53. The molecule has 124 valence electrons. The minimum absolute atomic E-state index is 0. The van der Waals surface area contributed by atoms with Crippen molar-refractivity contribution in [3.63, 3.8) is 0 Å². The normalized spacial score (nSPS) is 19.0. The van der Waals surface area contributed by atoms with Crippen LogP contribution in [0.25, 0.3) is 0 Å². The van der Waals surface area contributed by atoms with Gasteiger partial charge < -0.3 is 10.2 Å². The van der Waals surface area contributed by atoms with Gasteiger partial charge in [-0.15, -0.1) is 0 Å². The lowest BCUT2D eigenvalue weighted by atomic mass is 9.96. The number of anilines is 1. The van der Waals surface area contributed by atoms with Crippen molar-refractivity contribution in [3.8, 4) is 0 Å². The third-order valence-corrected chi connectivity index (χ3v) is 4.72. The molecule has 1 saturated heterocycles. The summed E-state index contributed by atoms with van der Waals surface area (Å²) >= 11 is 0. The molecule has 1 aliphatic carbocycles. The van der Waals surface area contributed by atoms with Crippen LogP contribution in [0, 0.1) is 6.92 Å². The van der Waals surface area contributed by atoms with Crippen LogP contribution in [0.4, 0.5) is 5.69 Å². The maximum Gasteiger partial charge on any atom is 0.207 e. The van der Waals surface area contributed by atoms with Crippen molar-refractivity contribution in [2.24, 2.45) is 0 Å². The van der Waals surface area contributed by atoms with E-state index in [4.69, 9.17) is 0 Å². The van der Waals surface area contributed by atoms with Crippen molar-refractivity contribution >= 4 is 12.1 Å². The SMILES string of the molecule is Cc1ccccc1N1CCCCC1.O=CNC1CCCCC1.[HH]. The molecule has 1 aliphatic heterocycles.